The van der Waals surface area contributed by atoms with Gasteiger partial charge in [0.15, 0.2) is 5.69 Å². The van der Waals surface area contributed by atoms with Crippen molar-refractivity contribution in [1.29, 1.82) is 0 Å². The maximum atomic E-state index is 13.7. The monoisotopic (exact) mass is 565 g/mol. The number of amides is 3. The Kier molecular flexibility index (Phi) is 7.14. The molecule has 1 aliphatic carbocycles. The fraction of sp³-hybridized carbons (Fsp3) is 0.429. The van der Waals surface area contributed by atoms with Crippen LogP contribution in [0.4, 0.5) is 4.39 Å². The summed E-state index contributed by atoms with van der Waals surface area (Å²) in [5.74, 6) is -3.49. The number of carbonyl (C=O) groups is 3. The fourth-order valence-electron chi connectivity index (χ4n) is 5.85. The largest absolute Gasteiger partial charge is 0.501 e. The Morgan fingerprint density at radius 1 is 1.17 bits per heavy atom. The van der Waals surface area contributed by atoms with Crippen LogP contribution in [0, 0.1) is 18.2 Å². The Hall–Kier alpha value is -4.55. The summed E-state index contributed by atoms with van der Waals surface area (Å²) in [6.45, 7) is 2.34. The third-order valence-electron chi connectivity index (χ3n) is 8.15. The summed E-state index contributed by atoms with van der Waals surface area (Å²) >= 11 is 0. The molecule has 0 radical (unpaired) electrons. The molecule has 1 aromatic carbocycles. The third-order valence-corrected chi connectivity index (χ3v) is 8.15. The lowest BCUT2D eigenvalue weighted by molar-refractivity contribution is -0.145. The van der Waals surface area contributed by atoms with Crippen LogP contribution in [0.1, 0.15) is 53.1 Å². The fourth-order valence-corrected chi connectivity index (χ4v) is 5.85. The van der Waals surface area contributed by atoms with Crippen LogP contribution in [0.15, 0.2) is 41.7 Å². The predicted octanol–water partition coefficient (Wildman–Crippen LogP) is 1.20. The van der Waals surface area contributed by atoms with Crippen molar-refractivity contribution < 1.29 is 23.9 Å². The number of benzene rings is 1. The minimum Gasteiger partial charge on any atom is -0.501 e. The second-order valence-electron chi connectivity index (χ2n) is 11.3. The van der Waals surface area contributed by atoms with Gasteiger partial charge in [0, 0.05) is 51.5 Å². The van der Waals surface area contributed by atoms with Crippen LogP contribution < -0.4 is 16.2 Å². The first-order valence-electron chi connectivity index (χ1n) is 13.3. The van der Waals surface area contributed by atoms with Crippen LogP contribution in [0.2, 0.25) is 0 Å². The van der Waals surface area contributed by atoms with Crippen molar-refractivity contribution in [3.63, 3.8) is 0 Å². The van der Waals surface area contributed by atoms with E-state index in [0.29, 0.717) is 43.4 Å². The standard InChI is InChI=1S/C28H32FN7O5/c1-17-12-18(4-5-19(17)29)13-31-22(38)20-21(37)24(40)36-15-27(14-35-11-10-30-16-35)6-8-28(9-7-27,26(36)32-20)33-23(39)25(41)34(2)3/h4-5,10-12,16,37H,6-9,13-15H2,1-3H3,(H,31,38)(H,33,39). The number of fused-ring (bicyclic) bond motifs is 2. The molecular weight excluding hydrogens is 533 g/mol. The highest BCUT2D eigenvalue weighted by Gasteiger charge is 2.52. The van der Waals surface area contributed by atoms with Gasteiger partial charge >= 0.3 is 11.8 Å². The molecular formula is C28H32FN7O5. The summed E-state index contributed by atoms with van der Waals surface area (Å²) in [7, 11) is 2.92. The number of hydrogen-bond donors (Lipinski definition) is 3. The van der Waals surface area contributed by atoms with Gasteiger partial charge in [-0.05, 0) is 49.8 Å². The molecule has 0 unspecified atom stereocenters. The van der Waals surface area contributed by atoms with E-state index in [1.165, 1.54) is 30.8 Å². The van der Waals surface area contributed by atoms with Crippen molar-refractivity contribution in [2.75, 3.05) is 14.1 Å². The third kappa shape index (κ3) is 5.19. The van der Waals surface area contributed by atoms with Gasteiger partial charge in [0.1, 0.15) is 11.6 Å². The lowest BCUT2D eigenvalue weighted by Crippen LogP contribution is -2.54. The van der Waals surface area contributed by atoms with Crippen LogP contribution in [0.3, 0.4) is 0 Å². The van der Waals surface area contributed by atoms with E-state index >= 15 is 0 Å². The topological polar surface area (TPSA) is 151 Å². The molecule has 3 amide bonds. The molecule has 1 saturated carbocycles. The molecule has 216 valence electrons. The Morgan fingerprint density at radius 2 is 1.90 bits per heavy atom. The van der Waals surface area contributed by atoms with Crippen molar-refractivity contribution in [3.05, 3.63) is 75.7 Å². The molecule has 2 aromatic heterocycles. The van der Waals surface area contributed by atoms with Gasteiger partial charge in [0.05, 0.1) is 11.9 Å². The van der Waals surface area contributed by atoms with E-state index in [-0.39, 0.29) is 24.7 Å². The molecule has 2 aliphatic heterocycles. The molecule has 6 rings (SSSR count). The number of aryl methyl sites for hydroxylation is 1. The number of halogens is 1. The van der Waals surface area contributed by atoms with E-state index in [1.54, 1.807) is 25.5 Å². The molecule has 0 atom stereocenters. The molecule has 0 spiro atoms. The van der Waals surface area contributed by atoms with E-state index < -0.39 is 45.7 Å². The number of nitrogens with one attached hydrogen (secondary N) is 2. The highest BCUT2D eigenvalue weighted by Crippen LogP contribution is 2.50. The average Bonchev–Trinajstić information content (AvgIpc) is 3.36. The second kappa shape index (κ2) is 10.5. The Bertz CT molecular complexity index is 1570. The van der Waals surface area contributed by atoms with E-state index in [0.717, 1.165) is 4.90 Å². The number of imidazole rings is 1. The van der Waals surface area contributed by atoms with Gasteiger partial charge in [-0.3, -0.25) is 23.7 Å². The minimum absolute atomic E-state index is 0.00667. The van der Waals surface area contributed by atoms with Crippen molar-refractivity contribution in [1.82, 2.24) is 34.6 Å². The van der Waals surface area contributed by atoms with Crippen LogP contribution in [-0.4, -0.2) is 60.9 Å². The summed E-state index contributed by atoms with van der Waals surface area (Å²) in [5, 5.41) is 16.3. The summed E-state index contributed by atoms with van der Waals surface area (Å²) in [6.07, 6.45) is 7.07. The smallest absolute Gasteiger partial charge is 0.311 e. The summed E-state index contributed by atoms with van der Waals surface area (Å²) in [4.78, 5) is 62.1. The number of carbonyl (C=O) groups excluding carboxylic acids is 3. The van der Waals surface area contributed by atoms with Gasteiger partial charge in [0.25, 0.3) is 11.5 Å². The van der Waals surface area contributed by atoms with E-state index in [1.807, 2.05) is 10.8 Å². The number of rotatable bonds is 6. The maximum absolute atomic E-state index is 13.7. The van der Waals surface area contributed by atoms with E-state index in [9.17, 15) is 28.7 Å². The van der Waals surface area contributed by atoms with Crippen LogP contribution in [-0.2, 0) is 34.8 Å². The molecule has 41 heavy (non-hydrogen) atoms. The molecule has 1 fully saturated rings. The van der Waals surface area contributed by atoms with Gasteiger partial charge in [-0.2, -0.15) is 0 Å². The average molecular weight is 566 g/mol. The summed E-state index contributed by atoms with van der Waals surface area (Å²) < 4.78 is 16.9. The Labute approximate surface area is 235 Å². The highest BCUT2D eigenvalue weighted by molar-refractivity contribution is 6.35. The van der Waals surface area contributed by atoms with Crippen LogP contribution >= 0.6 is 0 Å². The van der Waals surface area contributed by atoms with Gasteiger partial charge in [-0.15, -0.1) is 0 Å². The summed E-state index contributed by atoms with van der Waals surface area (Å²) in [5.41, 5.74) is -1.90. The lowest BCUT2D eigenvalue weighted by Gasteiger charge is -2.42. The number of aromatic hydroxyl groups is 1. The zero-order valence-electron chi connectivity index (χ0n) is 23.1. The van der Waals surface area contributed by atoms with Gasteiger partial charge in [-0.25, -0.2) is 14.4 Å². The molecule has 3 N–H and O–H groups in total. The maximum Gasteiger partial charge on any atom is 0.311 e. The molecule has 13 heteroatoms. The van der Waals surface area contributed by atoms with Gasteiger partial charge in [-0.1, -0.05) is 12.1 Å². The number of aromatic nitrogens is 4. The van der Waals surface area contributed by atoms with Crippen molar-refractivity contribution in [3.8, 4) is 5.75 Å². The normalized spacial score (nSPS) is 21.1. The van der Waals surface area contributed by atoms with Gasteiger partial charge in [0.2, 0.25) is 5.75 Å². The van der Waals surface area contributed by atoms with Crippen molar-refractivity contribution >= 4 is 17.7 Å². The molecule has 0 saturated heterocycles. The number of likely N-dealkylation sites (N-methyl/N-ethyl adjacent to an activating group) is 1. The van der Waals surface area contributed by atoms with Crippen LogP contribution in [0.5, 0.6) is 5.75 Å². The summed E-state index contributed by atoms with van der Waals surface area (Å²) in [6, 6.07) is 4.39. The zero-order chi connectivity index (χ0) is 29.5. The molecule has 4 heterocycles. The number of nitrogens with zero attached hydrogens (tertiary/aromatic N) is 5. The molecule has 3 aliphatic rings. The van der Waals surface area contributed by atoms with Crippen molar-refractivity contribution in [2.45, 2.75) is 57.8 Å². The zero-order valence-corrected chi connectivity index (χ0v) is 23.1. The van der Waals surface area contributed by atoms with Crippen LogP contribution in [0.25, 0.3) is 0 Å². The predicted molar refractivity (Wildman–Crippen MR) is 144 cm³/mol. The van der Waals surface area contributed by atoms with Crippen molar-refractivity contribution in [2.24, 2.45) is 5.41 Å². The van der Waals surface area contributed by atoms with E-state index in [4.69, 9.17) is 0 Å². The first-order chi connectivity index (χ1) is 19.4. The SMILES string of the molecule is Cc1cc(CNC(=O)c2nc3n(c(=O)c2O)CC2(Cn4ccnc4)CCC3(NC(=O)C(=O)N(C)C)CC2)ccc1F. The first-order valence-corrected chi connectivity index (χ1v) is 13.3. The highest BCUT2D eigenvalue weighted by atomic mass is 19.1. The van der Waals surface area contributed by atoms with E-state index in [2.05, 4.69) is 20.6 Å². The second-order valence-corrected chi connectivity index (χ2v) is 11.3. The Morgan fingerprint density at radius 3 is 2.54 bits per heavy atom. The Balaban J connectivity index is 1.54. The lowest BCUT2D eigenvalue weighted by atomic mass is 9.68. The first kappa shape index (κ1) is 28.0. The quantitative estimate of drug-likeness (QED) is 0.380. The van der Waals surface area contributed by atoms with Gasteiger partial charge < -0.3 is 25.2 Å². The molecule has 2 bridgehead atoms. The molecule has 12 nitrogen and oxygen atoms in total. The number of hydrogen-bond acceptors (Lipinski definition) is 7. The molecule has 3 aromatic rings. The minimum atomic E-state index is -1.21.